The monoisotopic (exact) mass is 197 g/mol. The molecule has 78 valence electrons. The smallest absolute Gasteiger partial charge is 0.235 e. The molecule has 0 spiro atoms. The Balaban J connectivity index is 2.29. The van der Waals surface area contributed by atoms with Crippen LogP contribution in [-0.2, 0) is 13.1 Å². The molecule has 4 heteroatoms. The van der Waals surface area contributed by atoms with Crippen molar-refractivity contribution in [2.45, 2.75) is 45.9 Å². The second-order valence-corrected chi connectivity index (χ2v) is 4.25. The molecule has 0 aromatic carbocycles. The van der Waals surface area contributed by atoms with E-state index < -0.39 is 0 Å². The van der Waals surface area contributed by atoms with Gasteiger partial charge >= 0.3 is 0 Å². The van der Waals surface area contributed by atoms with Crippen LogP contribution in [0.1, 0.15) is 26.5 Å². The molecule has 3 nitrogen and oxygen atoms in total. The molecule has 0 fully saturated rings. The molecule has 0 saturated heterocycles. The summed E-state index contributed by atoms with van der Waals surface area (Å²) in [6, 6.07) is 0.907. The molecule has 14 heavy (non-hydrogen) atoms. The van der Waals surface area contributed by atoms with E-state index in [1.165, 1.54) is 0 Å². The number of nitrogens with zero attached hydrogens (tertiary/aromatic N) is 3. The van der Waals surface area contributed by atoms with Gasteiger partial charge in [-0.3, -0.25) is 4.90 Å². The number of hydrogen-bond donors (Lipinski definition) is 0. The third kappa shape index (κ3) is 1.43. The molecular weight excluding hydrogens is 181 g/mol. The molecule has 0 bridgehead atoms. The van der Waals surface area contributed by atoms with Gasteiger partial charge in [0.05, 0.1) is 12.0 Å². The fourth-order valence-electron chi connectivity index (χ4n) is 2.11. The Morgan fingerprint density at radius 1 is 1.57 bits per heavy atom. The van der Waals surface area contributed by atoms with Crippen LogP contribution in [0.4, 0.5) is 4.39 Å². The molecule has 1 aromatic rings. The van der Waals surface area contributed by atoms with Gasteiger partial charge in [-0.05, 0) is 20.8 Å². The zero-order valence-electron chi connectivity index (χ0n) is 8.87. The van der Waals surface area contributed by atoms with E-state index in [1.54, 1.807) is 6.33 Å². The number of hydrogen-bond acceptors (Lipinski definition) is 2. The first kappa shape index (κ1) is 9.65. The van der Waals surface area contributed by atoms with Crippen LogP contribution in [0.15, 0.2) is 6.33 Å². The molecular formula is C10H16FN3. The Labute approximate surface area is 83.5 Å². The maximum absolute atomic E-state index is 13.2. The van der Waals surface area contributed by atoms with Gasteiger partial charge in [-0.2, -0.15) is 4.39 Å². The summed E-state index contributed by atoms with van der Waals surface area (Å²) < 4.78 is 15.2. The molecule has 0 saturated carbocycles. The maximum atomic E-state index is 13.2. The molecule has 1 aromatic heterocycles. The van der Waals surface area contributed by atoms with Crippen molar-refractivity contribution < 1.29 is 4.39 Å². The fourth-order valence-corrected chi connectivity index (χ4v) is 2.11. The summed E-state index contributed by atoms with van der Waals surface area (Å²) in [4.78, 5) is 5.99. The zero-order chi connectivity index (χ0) is 10.3. The first-order valence-corrected chi connectivity index (χ1v) is 5.05. The van der Waals surface area contributed by atoms with E-state index in [-0.39, 0.29) is 5.95 Å². The minimum Gasteiger partial charge on any atom is -0.329 e. The van der Waals surface area contributed by atoms with Crippen LogP contribution in [0.3, 0.4) is 0 Å². The van der Waals surface area contributed by atoms with Crippen LogP contribution in [0.2, 0.25) is 0 Å². The van der Waals surface area contributed by atoms with E-state index in [9.17, 15) is 4.39 Å². The van der Waals surface area contributed by atoms with Crippen LogP contribution < -0.4 is 0 Å². The lowest BCUT2D eigenvalue weighted by molar-refractivity contribution is 0.112. The third-order valence-electron chi connectivity index (χ3n) is 2.92. The number of imidazole rings is 1. The van der Waals surface area contributed by atoms with Gasteiger partial charge in [0.25, 0.3) is 0 Å². The SMILES string of the molecule is CC(C)N1Cc2c(F)ncn2C[C@H]1C. The number of aromatic nitrogens is 2. The molecule has 0 radical (unpaired) electrons. The molecule has 0 unspecified atom stereocenters. The molecule has 2 heterocycles. The largest absolute Gasteiger partial charge is 0.329 e. The minimum atomic E-state index is -0.317. The van der Waals surface area contributed by atoms with Gasteiger partial charge in [0.15, 0.2) is 0 Å². The van der Waals surface area contributed by atoms with E-state index in [0.717, 1.165) is 12.2 Å². The summed E-state index contributed by atoms with van der Waals surface area (Å²) in [7, 11) is 0. The average Bonchev–Trinajstić information content (AvgIpc) is 2.46. The summed E-state index contributed by atoms with van der Waals surface area (Å²) in [5.41, 5.74) is 0.719. The van der Waals surface area contributed by atoms with Gasteiger partial charge in [0, 0.05) is 25.2 Å². The molecule has 0 N–H and O–H groups in total. The van der Waals surface area contributed by atoms with Crippen LogP contribution in [0.5, 0.6) is 0 Å². The third-order valence-corrected chi connectivity index (χ3v) is 2.92. The van der Waals surface area contributed by atoms with Crippen molar-refractivity contribution in [2.24, 2.45) is 0 Å². The average molecular weight is 197 g/mol. The van der Waals surface area contributed by atoms with Gasteiger partial charge in [0.1, 0.15) is 0 Å². The second kappa shape index (κ2) is 3.35. The second-order valence-electron chi connectivity index (χ2n) is 4.25. The zero-order valence-corrected chi connectivity index (χ0v) is 8.87. The first-order chi connectivity index (χ1) is 6.59. The highest BCUT2D eigenvalue weighted by Gasteiger charge is 2.27. The van der Waals surface area contributed by atoms with Crippen molar-refractivity contribution in [3.63, 3.8) is 0 Å². The van der Waals surface area contributed by atoms with Crippen molar-refractivity contribution in [1.29, 1.82) is 0 Å². The Hall–Kier alpha value is -0.900. The van der Waals surface area contributed by atoms with Crippen molar-refractivity contribution in [3.8, 4) is 0 Å². The van der Waals surface area contributed by atoms with Gasteiger partial charge in [0.2, 0.25) is 5.95 Å². The van der Waals surface area contributed by atoms with Crippen molar-refractivity contribution in [3.05, 3.63) is 18.0 Å². The molecule has 1 aliphatic heterocycles. The van der Waals surface area contributed by atoms with Crippen LogP contribution in [0.25, 0.3) is 0 Å². The predicted octanol–water partition coefficient (Wildman–Crippen LogP) is 1.63. The Bertz CT molecular complexity index is 332. The summed E-state index contributed by atoms with van der Waals surface area (Å²) in [6.07, 6.45) is 1.60. The van der Waals surface area contributed by atoms with E-state index in [1.807, 2.05) is 4.57 Å². The Morgan fingerprint density at radius 2 is 2.29 bits per heavy atom. The highest BCUT2D eigenvalue weighted by atomic mass is 19.1. The normalized spacial score (nSPS) is 22.8. The van der Waals surface area contributed by atoms with E-state index in [4.69, 9.17) is 0 Å². The van der Waals surface area contributed by atoms with Crippen LogP contribution in [0, 0.1) is 5.95 Å². The van der Waals surface area contributed by atoms with Crippen molar-refractivity contribution in [1.82, 2.24) is 14.5 Å². The van der Waals surface area contributed by atoms with Crippen molar-refractivity contribution in [2.75, 3.05) is 0 Å². The lowest BCUT2D eigenvalue weighted by Crippen LogP contribution is -2.44. The molecule has 1 aliphatic rings. The fraction of sp³-hybridized carbons (Fsp3) is 0.700. The van der Waals surface area contributed by atoms with E-state index in [2.05, 4.69) is 30.7 Å². The summed E-state index contributed by atoms with van der Waals surface area (Å²) in [5.74, 6) is -0.317. The summed E-state index contributed by atoms with van der Waals surface area (Å²) >= 11 is 0. The van der Waals surface area contributed by atoms with Crippen LogP contribution in [-0.4, -0.2) is 26.5 Å². The standard InChI is InChI=1S/C10H16FN3/c1-7(2)14-5-9-10(11)12-6-13(9)4-8(14)3/h6-8H,4-5H2,1-3H3/t8-/m1/s1. The van der Waals surface area contributed by atoms with Gasteiger partial charge in [-0.1, -0.05) is 0 Å². The Kier molecular flexibility index (Phi) is 2.31. The van der Waals surface area contributed by atoms with Gasteiger partial charge < -0.3 is 4.57 Å². The highest BCUT2D eigenvalue weighted by Crippen LogP contribution is 2.21. The number of rotatable bonds is 1. The van der Waals surface area contributed by atoms with Crippen molar-refractivity contribution >= 4 is 0 Å². The maximum Gasteiger partial charge on any atom is 0.235 e. The van der Waals surface area contributed by atoms with Crippen LogP contribution >= 0.6 is 0 Å². The van der Waals surface area contributed by atoms with E-state index in [0.29, 0.717) is 18.6 Å². The molecule has 0 aliphatic carbocycles. The minimum absolute atomic E-state index is 0.317. The Morgan fingerprint density at radius 3 is 2.93 bits per heavy atom. The summed E-state index contributed by atoms with van der Waals surface area (Å²) in [5, 5.41) is 0. The van der Waals surface area contributed by atoms with E-state index >= 15 is 0 Å². The predicted molar refractivity (Wildman–Crippen MR) is 52.3 cm³/mol. The number of halogens is 1. The lowest BCUT2D eigenvalue weighted by Gasteiger charge is -2.37. The topological polar surface area (TPSA) is 21.1 Å². The quantitative estimate of drug-likeness (QED) is 0.682. The van der Waals surface area contributed by atoms with Gasteiger partial charge in [-0.25, -0.2) is 4.98 Å². The summed E-state index contributed by atoms with van der Waals surface area (Å²) in [6.45, 7) is 7.96. The van der Waals surface area contributed by atoms with Gasteiger partial charge in [-0.15, -0.1) is 0 Å². The first-order valence-electron chi connectivity index (χ1n) is 5.05. The molecule has 1 atom stereocenters. The lowest BCUT2D eigenvalue weighted by atomic mass is 10.1. The molecule has 2 rings (SSSR count). The highest BCUT2D eigenvalue weighted by molar-refractivity contribution is 5.05. The number of fused-ring (bicyclic) bond motifs is 1. The molecule has 0 amide bonds.